The highest BCUT2D eigenvalue weighted by Gasteiger charge is 2.53. The van der Waals surface area contributed by atoms with Crippen molar-refractivity contribution in [3.05, 3.63) is 23.8 Å². The first-order valence-electron chi connectivity index (χ1n) is 12.9. The molecule has 4 aliphatic carbocycles. The van der Waals surface area contributed by atoms with Gasteiger partial charge in [-0.3, -0.25) is 14.4 Å². The maximum Gasteiger partial charge on any atom is 0.325 e. The van der Waals surface area contributed by atoms with Crippen molar-refractivity contribution < 1.29 is 28.6 Å². The molecule has 8 nitrogen and oxygen atoms in total. The zero-order valence-corrected chi connectivity index (χ0v) is 21.1. The SMILES string of the molecule is CCOc1ccc(C(=O)NCC(=O)OCC(=O)NC(C)C23CC4CC(CC(C4)C2)C3)cc1OCC. The van der Waals surface area contributed by atoms with E-state index in [1.165, 1.54) is 38.5 Å². The fraction of sp³-hybridized carbons (Fsp3) is 0.667. The molecule has 0 radical (unpaired) electrons. The van der Waals surface area contributed by atoms with Crippen LogP contribution in [0.2, 0.25) is 0 Å². The van der Waals surface area contributed by atoms with Gasteiger partial charge in [-0.25, -0.2) is 0 Å². The number of carbonyl (C=O) groups is 3. The highest BCUT2D eigenvalue weighted by atomic mass is 16.5. The third kappa shape index (κ3) is 5.90. The van der Waals surface area contributed by atoms with E-state index in [9.17, 15) is 14.4 Å². The van der Waals surface area contributed by atoms with Gasteiger partial charge in [0.05, 0.1) is 13.2 Å². The van der Waals surface area contributed by atoms with E-state index in [4.69, 9.17) is 14.2 Å². The van der Waals surface area contributed by atoms with Crippen molar-refractivity contribution in [2.45, 2.75) is 65.3 Å². The van der Waals surface area contributed by atoms with E-state index in [2.05, 4.69) is 17.6 Å². The number of benzene rings is 1. The summed E-state index contributed by atoms with van der Waals surface area (Å²) in [5, 5.41) is 5.62. The van der Waals surface area contributed by atoms with Gasteiger partial charge in [-0.1, -0.05) is 0 Å². The Morgan fingerprint density at radius 1 is 0.971 bits per heavy atom. The summed E-state index contributed by atoms with van der Waals surface area (Å²) in [5.41, 5.74) is 0.535. The predicted octanol–water partition coefficient (Wildman–Crippen LogP) is 3.48. The second-order valence-electron chi connectivity index (χ2n) is 10.4. The Bertz CT molecular complexity index is 910. The molecule has 5 rings (SSSR count). The maximum absolute atomic E-state index is 12.5. The normalized spacial score (nSPS) is 27.1. The molecular weight excluding hydrogens is 448 g/mol. The molecule has 35 heavy (non-hydrogen) atoms. The molecule has 1 atom stereocenters. The summed E-state index contributed by atoms with van der Waals surface area (Å²) < 4.78 is 16.2. The lowest BCUT2D eigenvalue weighted by Crippen LogP contribution is -2.56. The Morgan fingerprint density at radius 2 is 1.57 bits per heavy atom. The minimum atomic E-state index is -0.660. The van der Waals surface area contributed by atoms with Crippen molar-refractivity contribution in [1.82, 2.24) is 10.6 Å². The summed E-state index contributed by atoms with van der Waals surface area (Å²) in [6.07, 6.45) is 7.65. The molecule has 0 aromatic heterocycles. The standard InChI is InChI=1S/C27H38N2O6/c1-4-33-22-7-6-21(11-23(22)34-5-2)26(32)28-15-25(31)35-16-24(30)29-17(3)27-12-18-8-19(13-27)10-20(9-18)14-27/h6-7,11,17-20H,4-5,8-10,12-16H2,1-3H3,(H,28,32)(H,29,30). The van der Waals surface area contributed by atoms with Crippen molar-refractivity contribution in [1.29, 1.82) is 0 Å². The van der Waals surface area contributed by atoms with Crippen molar-refractivity contribution in [3.63, 3.8) is 0 Å². The lowest BCUT2D eigenvalue weighted by Gasteiger charge is -2.59. The Balaban J connectivity index is 1.21. The minimum Gasteiger partial charge on any atom is -0.490 e. The molecule has 0 heterocycles. The van der Waals surface area contributed by atoms with Gasteiger partial charge < -0.3 is 24.8 Å². The molecule has 1 unspecified atom stereocenters. The highest BCUT2D eigenvalue weighted by Crippen LogP contribution is 2.61. The van der Waals surface area contributed by atoms with E-state index >= 15 is 0 Å². The summed E-state index contributed by atoms with van der Waals surface area (Å²) >= 11 is 0. The molecule has 0 saturated heterocycles. The van der Waals surface area contributed by atoms with E-state index in [-0.39, 0.29) is 30.5 Å². The smallest absolute Gasteiger partial charge is 0.325 e. The molecule has 1 aromatic carbocycles. The van der Waals surface area contributed by atoms with Gasteiger partial charge in [0.1, 0.15) is 6.54 Å². The van der Waals surface area contributed by atoms with Gasteiger partial charge >= 0.3 is 5.97 Å². The van der Waals surface area contributed by atoms with Crippen LogP contribution in [0.4, 0.5) is 0 Å². The first kappa shape index (κ1) is 25.3. The lowest BCUT2D eigenvalue weighted by molar-refractivity contribution is -0.148. The van der Waals surface area contributed by atoms with E-state index in [0.29, 0.717) is 30.3 Å². The van der Waals surface area contributed by atoms with Crippen LogP contribution in [-0.4, -0.2) is 50.2 Å². The van der Waals surface area contributed by atoms with Gasteiger partial charge in [-0.15, -0.1) is 0 Å². The fourth-order valence-corrected chi connectivity index (χ4v) is 6.79. The molecular formula is C27H38N2O6. The van der Waals surface area contributed by atoms with Crippen LogP contribution in [0.5, 0.6) is 11.5 Å². The number of ether oxygens (including phenoxy) is 3. The number of rotatable bonds is 11. The summed E-state index contributed by atoms with van der Waals surface area (Å²) in [6, 6.07) is 4.92. The number of nitrogens with one attached hydrogen (secondary N) is 2. The van der Waals surface area contributed by atoms with Crippen molar-refractivity contribution in [2.75, 3.05) is 26.4 Å². The van der Waals surface area contributed by atoms with Crippen LogP contribution in [0.1, 0.15) is 69.7 Å². The van der Waals surface area contributed by atoms with Gasteiger partial charge in [0, 0.05) is 11.6 Å². The van der Waals surface area contributed by atoms with Crippen molar-refractivity contribution >= 4 is 17.8 Å². The van der Waals surface area contributed by atoms with Crippen molar-refractivity contribution in [2.24, 2.45) is 23.2 Å². The minimum absolute atomic E-state index is 0.0704. The summed E-state index contributed by atoms with van der Waals surface area (Å²) in [5.74, 6) is 2.05. The summed E-state index contributed by atoms with van der Waals surface area (Å²) in [4.78, 5) is 37.1. The van der Waals surface area contributed by atoms with Gasteiger partial charge in [-0.2, -0.15) is 0 Å². The van der Waals surface area contributed by atoms with Crippen LogP contribution < -0.4 is 20.1 Å². The molecule has 4 fully saturated rings. The molecule has 192 valence electrons. The third-order valence-electron chi connectivity index (χ3n) is 7.94. The van der Waals surface area contributed by atoms with E-state index in [1.54, 1.807) is 18.2 Å². The molecule has 2 N–H and O–H groups in total. The number of esters is 1. The van der Waals surface area contributed by atoms with Crippen LogP contribution in [-0.2, 0) is 14.3 Å². The average molecular weight is 487 g/mol. The molecule has 4 bridgehead atoms. The van der Waals surface area contributed by atoms with Gasteiger partial charge in [0.15, 0.2) is 18.1 Å². The van der Waals surface area contributed by atoms with Crippen LogP contribution in [0.3, 0.4) is 0 Å². The lowest BCUT2D eigenvalue weighted by atomic mass is 9.48. The second-order valence-corrected chi connectivity index (χ2v) is 10.4. The average Bonchev–Trinajstić information content (AvgIpc) is 2.81. The van der Waals surface area contributed by atoms with E-state index < -0.39 is 11.9 Å². The summed E-state index contributed by atoms with van der Waals surface area (Å²) in [7, 11) is 0. The molecule has 4 aliphatic rings. The number of carbonyl (C=O) groups excluding carboxylic acids is 3. The van der Waals surface area contributed by atoms with Gasteiger partial charge in [0.25, 0.3) is 11.8 Å². The zero-order chi connectivity index (χ0) is 25.0. The van der Waals surface area contributed by atoms with Crippen molar-refractivity contribution in [3.8, 4) is 11.5 Å². The monoisotopic (exact) mass is 486 g/mol. The fourth-order valence-electron chi connectivity index (χ4n) is 6.79. The van der Waals surface area contributed by atoms with Crippen LogP contribution in [0.25, 0.3) is 0 Å². The summed E-state index contributed by atoms with van der Waals surface area (Å²) in [6.45, 7) is 6.05. The molecule has 0 aliphatic heterocycles. The highest BCUT2D eigenvalue weighted by molar-refractivity contribution is 5.96. The van der Waals surface area contributed by atoms with Crippen LogP contribution in [0, 0.1) is 23.2 Å². The molecule has 4 saturated carbocycles. The number of hydrogen-bond donors (Lipinski definition) is 2. The van der Waals surface area contributed by atoms with Crippen LogP contribution >= 0.6 is 0 Å². The Hall–Kier alpha value is -2.77. The first-order valence-corrected chi connectivity index (χ1v) is 12.9. The van der Waals surface area contributed by atoms with Gasteiger partial charge in [-0.05, 0) is 101 Å². The Morgan fingerprint density at radius 3 is 2.17 bits per heavy atom. The van der Waals surface area contributed by atoms with E-state index in [1.807, 2.05) is 13.8 Å². The first-order chi connectivity index (χ1) is 16.8. The molecule has 2 amide bonds. The molecule has 8 heteroatoms. The quantitative estimate of drug-likeness (QED) is 0.464. The molecule has 1 aromatic rings. The van der Waals surface area contributed by atoms with E-state index in [0.717, 1.165) is 17.8 Å². The molecule has 0 spiro atoms. The van der Waals surface area contributed by atoms with Gasteiger partial charge in [0.2, 0.25) is 0 Å². The third-order valence-corrected chi connectivity index (χ3v) is 7.94. The maximum atomic E-state index is 12.5. The topological polar surface area (TPSA) is 103 Å². The number of hydrogen-bond acceptors (Lipinski definition) is 6. The Kier molecular flexibility index (Phi) is 7.87. The second kappa shape index (κ2) is 10.9. The largest absolute Gasteiger partial charge is 0.490 e. The Labute approximate surface area is 207 Å². The predicted molar refractivity (Wildman–Crippen MR) is 130 cm³/mol. The number of amides is 2. The zero-order valence-electron chi connectivity index (χ0n) is 21.1. The van der Waals surface area contributed by atoms with Crippen LogP contribution in [0.15, 0.2) is 18.2 Å².